The minimum Gasteiger partial charge on any atom is -0.391 e. The molecule has 1 saturated heterocycles. The number of nitrogens with zero attached hydrogens (tertiary/aromatic N) is 4. The second-order valence-corrected chi connectivity index (χ2v) is 10.0. The Hall–Kier alpha value is -3.92. The maximum Gasteiger partial charge on any atom is 0.417 e. The molecule has 10 heteroatoms. The normalized spacial score (nSPS) is 15.7. The van der Waals surface area contributed by atoms with Crippen LogP contribution in [0.1, 0.15) is 46.1 Å². The summed E-state index contributed by atoms with van der Waals surface area (Å²) in [7, 11) is 0. The van der Waals surface area contributed by atoms with E-state index < -0.39 is 11.6 Å². The smallest absolute Gasteiger partial charge is 0.391 e. The van der Waals surface area contributed by atoms with Gasteiger partial charge in [-0.3, -0.25) is 9.69 Å². The standard InChI is InChI=1S/C27H35N7O3/c1-6-18-16-29-34-22(30-19-10-8-11-20(14-19)31-23(35)7-2)15-24(32-25(18)34)37-26(36)33(27(3,4)5)21-12-9-13-28-17-21/h7-8,10-11,14-16,21,28,30H,2,6,9,12-13,17H2,1,3-5H3,(H,31,35). The van der Waals surface area contributed by atoms with Crippen molar-refractivity contribution in [2.45, 2.75) is 58.5 Å². The number of benzene rings is 1. The first kappa shape index (κ1) is 26.2. The molecular weight excluding hydrogens is 470 g/mol. The van der Waals surface area contributed by atoms with E-state index in [1.54, 1.807) is 33.8 Å². The molecule has 3 N–H and O–H groups in total. The van der Waals surface area contributed by atoms with Crippen LogP contribution < -0.4 is 20.7 Å². The van der Waals surface area contributed by atoms with Crippen molar-refractivity contribution in [1.82, 2.24) is 24.8 Å². The number of aryl methyl sites for hydroxylation is 1. The second-order valence-electron chi connectivity index (χ2n) is 10.0. The van der Waals surface area contributed by atoms with Gasteiger partial charge in [-0.25, -0.2) is 4.79 Å². The lowest BCUT2D eigenvalue weighted by Gasteiger charge is -2.42. The molecule has 2 amide bonds. The van der Waals surface area contributed by atoms with Crippen LogP contribution >= 0.6 is 0 Å². The van der Waals surface area contributed by atoms with Crippen molar-refractivity contribution in [3.63, 3.8) is 0 Å². The van der Waals surface area contributed by atoms with E-state index in [2.05, 4.69) is 32.6 Å². The number of anilines is 3. The highest BCUT2D eigenvalue weighted by Gasteiger charge is 2.35. The Morgan fingerprint density at radius 3 is 2.76 bits per heavy atom. The van der Waals surface area contributed by atoms with Gasteiger partial charge in [0.25, 0.3) is 0 Å². The third-order valence-electron chi connectivity index (χ3n) is 6.24. The van der Waals surface area contributed by atoms with Crippen LogP contribution in [0, 0.1) is 0 Å². The zero-order valence-electron chi connectivity index (χ0n) is 21.9. The molecule has 1 aliphatic heterocycles. The summed E-state index contributed by atoms with van der Waals surface area (Å²) in [6, 6.07) is 8.96. The molecule has 3 aromatic rings. The number of rotatable bonds is 7. The van der Waals surface area contributed by atoms with Gasteiger partial charge >= 0.3 is 6.09 Å². The molecule has 1 fully saturated rings. The summed E-state index contributed by atoms with van der Waals surface area (Å²) in [4.78, 5) is 31.6. The fourth-order valence-electron chi connectivity index (χ4n) is 4.56. The van der Waals surface area contributed by atoms with Crippen LogP contribution in [0.4, 0.5) is 22.0 Å². The van der Waals surface area contributed by atoms with Crippen LogP contribution in [0.5, 0.6) is 5.88 Å². The number of carbonyl (C=O) groups is 2. The average molecular weight is 506 g/mol. The van der Waals surface area contributed by atoms with Crippen LogP contribution in [0.25, 0.3) is 5.65 Å². The Bertz CT molecular complexity index is 1290. The number of nitrogens with one attached hydrogen (secondary N) is 3. The number of ether oxygens (including phenoxy) is 1. The number of hydrogen-bond donors (Lipinski definition) is 3. The van der Waals surface area contributed by atoms with Crippen LogP contribution in [0.15, 0.2) is 49.2 Å². The van der Waals surface area contributed by atoms with Crippen molar-refractivity contribution in [1.29, 1.82) is 0 Å². The highest BCUT2D eigenvalue weighted by molar-refractivity contribution is 5.99. The molecular formula is C27H35N7O3. The van der Waals surface area contributed by atoms with Gasteiger partial charge in [0.2, 0.25) is 11.8 Å². The third-order valence-corrected chi connectivity index (χ3v) is 6.24. The first-order valence-electron chi connectivity index (χ1n) is 12.6. The SMILES string of the molecule is C=CC(=O)Nc1cccc(Nc2cc(OC(=O)N(C3CCCNC3)C(C)(C)C)nc3c(CC)cnn23)c1. The highest BCUT2D eigenvalue weighted by Crippen LogP contribution is 2.28. The van der Waals surface area contributed by atoms with Crippen molar-refractivity contribution < 1.29 is 14.3 Å². The molecule has 1 unspecified atom stereocenters. The lowest BCUT2D eigenvalue weighted by molar-refractivity contribution is -0.111. The van der Waals surface area contributed by atoms with E-state index in [4.69, 9.17) is 4.74 Å². The Morgan fingerprint density at radius 2 is 2.08 bits per heavy atom. The lowest BCUT2D eigenvalue weighted by atomic mass is 9.99. The van der Waals surface area contributed by atoms with Crippen molar-refractivity contribution >= 4 is 34.8 Å². The molecule has 196 valence electrons. The van der Waals surface area contributed by atoms with Gasteiger partial charge in [0.15, 0.2) is 5.65 Å². The third kappa shape index (κ3) is 6.08. The predicted octanol–water partition coefficient (Wildman–Crippen LogP) is 4.51. The Balaban J connectivity index is 1.66. The van der Waals surface area contributed by atoms with Crippen molar-refractivity contribution in [2.24, 2.45) is 0 Å². The second kappa shape index (κ2) is 11.0. The molecule has 0 saturated carbocycles. The molecule has 1 aromatic carbocycles. The topological polar surface area (TPSA) is 113 Å². The number of piperidine rings is 1. The summed E-state index contributed by atoms with van der Waals surface area (Å²) >= 11 is 0. The largest absolute Gasteiger partial charge is 0.417 e. The molecule has 0 bridgehead atoms. The summed E-state index contributed by atoms with van der Waals surface area (Å²) in [6.45, 7) is 13.2. The molecule has 37 heavy (non-hydrogen) atoms. The molecule has 1 aliphatic rings. The van der Waals surface area contributed by atoms with Gasteiger partial charge < -0.3 is 20.7 Å². The summed E-state index contributed by atoms with van der Waals surface area (Å²) in [5.74, 6) is 0.458. The Kier molecular flexibility index (Phi) is 7.77. The molecule has 10 nitrogen and oxygen atoms in total. The molecule has 0 radical (unpaired) electrons. The summed E-state index contributed by atoms with van der Waals surface area (Å²) in [5.41, 5.74) is 2.44. The predicted molar refractivity (Wildman–Crippen MR) is 144 cm³/mol. The van der Waals surface area contributed by atoms with Gasteiger partial charge in [0.05, 0.1) is 6.20 Å². The zero-order chi connectivity index (χ0) is 26.6. The Labute approximate surface area is 217 Å². The average Bonchev–Trinajstić information content (AvgIpc) is 3.27. The van der Waals surface area contributed by atoms with Crippen LogP contribution in [-0.4, -0.2) is 56.2 Å². The molecule has 3 heterocycles. The van der Waals surface area contributed by atoms with Crippen molar-refractivity contribution in [3.8, 4) is 5.88 Å². The van der Waals surface area contributed by atoms with Crippen LogP contribution in [0.3, 0.4) is 0 Å². The van der Waals surface area contributed by atoms with E-state index in [0.29, 0.717) is 22.8 Å². The van der Waals surface area contributed by atoms with E-state index in [0.717, 1.165) is 37.9 Å². The first-order chi connectivity index (χ1) is 17.7. The van der Waals surface area contributed by atoms with E-state index in [1.165, 1.54) is 6.08 Å². The van der Waals surface area contributed by atoms with E-state index in [-0.39, 0.29) is 17.8 Å². The van der Waals surface area contributed by atoms with Crippen LogP contribution in [-0.2, 0) is 11.2 Å². The van der Waals surface area contributed by atoms with Crippen molar-refractivity contribution in [2.75, 3.05) is 23.7 Å². The number of aromatic nitrogens is 3. The van der Waals surface area contributed by atoms with Gasteiger partial charge in [-0.15, -0.1) is 0 Å². The quantitative estimate of drug-likeness (QED) is 0.405. The van der Waals surface area contributed by atoms with E-state index in [1.807, 2.05) is 39.8 Å². The summed E-state index contributed by atoms with van der Waals surface area (Å²) < 4.78 is 7.58. The number of fused-ring (bicyclic) bond motifs is 1. The summed E-state index contributed by atoms with van der Waals surface area (Å²) in [5, 5.41) is 13.9. The van der Waals surface area contributed by atoms with Gasteiger partial charge in [0, 0.05) is 41.1 Å². The molecule has 0 aliphatic carbocycles. The maximum absolute atomic E-state index is 13.5. The van der Waals surface area contributed by atoms with Gasteiger partial charge in [-0.05, 0) is 70.9 Å². The fourth-order valence-corrected chi connectivity index (χ4v) is 4.56. The minimum absolute atomic E-state index is 0.0391. The molecule has 4 rings (SSSR count). The molecule has 0 spiro atoms. The van der Waals surface area contributed by atoms with Gasteiger partial charge in [-0.1, -0.05) is 19.6 Å². The first-order valence-corrected chi connectivity index (χ1v) is 12.6. The number of amides is 2. The lowest BCUT2D eigenvalue weighted by Crippen LogP contribution is -2.57. The van der Waals surface area contributed by atoms with Gasteiger partial charge in [-0.2, -0.15) is 14.6 Å². The fraction of sp³-hybridized carbons (Fsp3) is 0.407. The van der Waals surface area contributed by atoms with E-state index in [9.17, 15) is 9.59 Å². The number of carbonyl (C=O) groups excluding carboxylic acids is 2. The van der Waals surface area contributed by atoms with Crippen LogP contribution in [0.2, 0.25) is 0 Å². The number of hydrogen-bond acceptors (Lipinski definition) is 7. The Morgan fingerprint density at radius 1 is 1.30 bits per heavy atom. The van der Waals surface area contributed by atoms with E-state index >= 15 is 0 Å². The molecule has 1 atom stereocenters. The van der Waals surface area contributed by atoms with Gasteiger partial charge in [0.1, 0.15) is 5.82 Å². The molecule has 2 aromatic heterocycles. The highest BCUT2D eigenvalue weighted by atomic mass is 16.6. The maximum atomic E-state index is 13.5. The van der Waals surface area contributed by atoms with Crippen molar-refractivity contribution in [3.05, 3.63) is 54.7 Å². The summed E-state index contributed by atoms with van der Waals surface area (Å²) in [6.07, 6.45) is 5.18. The minimum atomic E-state index is -0.435. The zero-order valence-corrected chi connectivity index (χ0v) is 21.9. The monoisotopic (exact) mass is 505 g/mol.